The molecular weight excluding hydrogens is 308 g/mol. The average molecular weight is 328 g/mol. The summed E-state index contributed by atoms with van der Waals surface area (Å²) in [6.07, 6.45) is 3.25. The van der Waals surface area contributed by atoms with E-state index in [1.807, 2.05) is 13.0 Å². The van der Waals surface area contributed by atoms with Crippen molar-refractivity contribution in [1.82, 2.24) is 5.32 Å². The Hall–Kier alpha value is -1.18. The van der Waals surface area contributed by atoms with Crippen molar-refractivity contribution in [1.29, 1.82) is 0 Å². The Kier molecular flexibility index (Phi) is 5.96. The van der Waals surface area contributed by atoms with Gasteiger partial charge in [-0.2, -0.15) is 0 Å². The Morgan fingerprint density at radius 1 is 1.62 bits per heavy atom. The maximum Gasteiger partial charge on any atom is 0.340 e. The first-order chi connectivity index (χ1) is 10.1. The minimum absolute atomic E-state index is 0.222. The van der Waals surface area contributed by atoms with Gasteiger partial charge in [-0.05, 0) is 37.5 Å². The molecule has 0 spiro atoms. The van der Waals surface area contributed by atoms with E-state index >= 15 is 0 Å². The zero-order chi connectivity index (χ0) is 15.2. The van der Waals surface area contributed by atoms with Crippen LogP contribution < -0.4 is 10.6 Å². The van der Waals surface area contributed by atoms with Crippen molar-refractivity contribution in [2.45, 2.75) is 32.3 Å². The number of ether oxygens (including phenoxy) is 2. The van der Waals surface area contributed by atoms with Crippen LogP contribution in [0.2, 0.25) is 0 Å². The van der Waals surface area contributed by atoms with Crippen molar-refractivity contribution < 1.29 is 14.3 Å². The summed E-state index contributed by atoms with van der Waals surface area (Å²) >= 11 is 6.79. The van der Waals surface area contributed by atoms with E-state index in [1.54, 1.807) is 0 Å². The Balaban J connectivity index is 1.95. The van der Waals surface area contributed by atoms with Crippen LogP contribution in [0, 0.1) is 0 Å². The molecule has 1 saturated heterocycles. The molecule has 1 aliphatic heterocycles. The van der Waals surface area contributed by atoms with E-state index in [9.17, 15) is 4.79 Å². The summed E-state index contributed by atoms with van der Waals surface area (Å²) in [7, 11) is 1.38. The topological polar surface area (TPSA) is 59.6 Å². The van der Waals surface area contributed by atoms with Crippen LogP contribution in [-0.2, 0) is 15.9 Å². The smallest absolute Gasteiger partial charge is 0.340 e. The first-order valence-electron chi connectivity index (χ1n) is 7.01. The number of thiophene rings is 1. The molecule has 0 aliphatic carbocycles. The molecule has 0 saturated carbocycles. The second-order valence-corrected chi connectivity index (χ2v) is 6.32. The number of anilines is 1. The first-order valence-corrected chi connectivity index (χ1v) is 8.24. The Morgan fingerprint density at radius 2 is 2.43 bits per heavy atom. The SMILES string of the molecule is CCc1cc(C(=O)OC)c(NC(=S)NC[C@H]2CCCO2)s1. The lowest BCUT2D eigenvalue weighted by molar-refractivity contribution is 0.0602. The lowest BCUT2D eigenvalue weighted by atomic mass is 10.2. The van der Waals surface area contributed by atoms with Gasteiger partial charge in [0.15, 0.2) is 5.11 Å². The summed E-state index contributed by atoms with van der Waals surface area (Å²) < 4.78 is 10.3. The number of aryl methyl sites for hydroxylation is 1. The number of hydrogen-bond donors (Lipinski definition) is 2. The van der Waals surface area contributed by atoms with Crippen molar-refractivity contribution in [2.75, 3.05) is 25.6 Å². The van der Waals surface area contributed by atoms with Crippen LogP contribution in [0.4, 0.5) is 5.00 Å². The van der Waals surface area contributed by atoms with Crippen LogP contribution in [0.5, 0.6) is 0 Å². The van der Waals surface area contributed by atoms with E-state index in [-0.39, 0.29) is 12.1 Å². The summed E-state index contributed by atoms with van der Waals surface area (Å²) in [6.45, 7) is 3.56. The van der Waals surface area contributed by atoms with Gasteiger partial charge >= 0.3 is 5.97 Å². The van der Waals surface area contributed by atoms with Gasteiger partial charge in [-0.1, -0.05) is 6.92 Å². The summed E-state index contributed by atoms with van der Waals surface area (Å²) in [5.41, 5.74) is 0.528. The van der Waals surface area contributed by atoms with Crippen molar-refractivity contribution in [3.8, 4) is 0 Å². The number of esters is 1. The highest BCUT2D eigenvalue weighted by Crippen LogP contribution is 2.29. The third-order valence-corrected chi connectivity index (χ3v) is 4.72. The van der Waals surface area contributed by atoms with Crippen molar-refractivity contribution in [3.05, 3.63) is 16.5 Å². The Bertz CT molecular complexity index is 510. The van der Waals surface area contributed by atoms with Crippen LogP contribution in [0.1, 0.15) is 35.0 Å². The van der Waals surface area contributed by atoms with E-state index in [0.29, 0.717) is 17.2 Å². The minimum atomic E-state index is -0.352. The van der Waals surface area contributed by atoms with Gasteiger partial charge in [0.25, 0.3) is 0 Å². The number of carbonyl (C=O) groups is 1. The molecule has 0 aromatic carbocycles. The molecule has 1 aliphatic rings. The van der Waals surface area contributed by atoms with Crippen molar-refractivity contribution in [2.24, 2.45) is 0 Å². The lowest BCUT2D eigenvalue weighted by Crippen LogP contribution is -2.34. The highest BCUT2D eigenvalue weighted by Gasteiger charge is 2.18. The van der Waals surface area contributed by atoms with Crippen LogP contribution in [0.25, 0.3) is 0 Å². The molecule has 1 aromatic rings. The van der Waals surface area contributed by atoms with Gasteiger partial charge in [0.1, 0.15) is 5.00 Å². The fourth-order valence-corrected chi connectivity index (χ4v) is 3.37. The number of thiocarbonyl (C=S) groups is 1. The summed E-state index contributed by atoms with van der Waals surface area (Å²) in [5.74, 6) is -0.352. The maximum absolute atomic E-state index is 11.8. The molecule has 0 unspecified atom stereocenters. The van der Waals surface area contributed by atoms with Gasteiger partial charge in [0, 0.05) is 18.0 Å². The normalized spacial score (nSPS) is 17.5. The number of rotatable bonds is 5. The summed E-state index contributed by atoms with van der Waals surface area (Å²) in [5, 5.41) is 7.45. The summed E-state index contributed by atoms with van der Waals surface area (Å²) in [4.78, 5) is 12.9. The number of hydrogen-bond acceptors (Lipinski definition) is 5. The molecule has 1 aromatic heterocycles. The molecule has 7 heteroatoms. The number of methoxy groups -OCH3 is 1. The molecule has 1 atom stereocenters. The number of nitrogens with one attached hydrogen (secondary N) is 2. The average Bonchev–Trinajstić information content (AvgIpc) is 3.13. The van der Waals surface area contributed by atoms with Crippen LogP contribution in [-0.4, -0.2) is 37.4 Å². The maximum atomic E-state index is 11.8. The third kappa shape index (κ3) is 4.39. The van der Waals surface area contributed by atoms with Gasteiger partial charge in [-0.25, -0.2) is 4.79 Å². The van der Waals surface area contributed by atoms with E-state index < -0.39 is 0 Å². The van der Waals surface area contributed by atoms with Gasteiger partial charge in [-0.3, -0.25) is 0 Å². The second kappa shape index (κ2) is 7.72. The van der Waals surface area contributed by atoms with Gasteiger partial charge in [0.05, 0.1) is 18.8 Å². The molecule has 21 heavy (non-hydrogen) atoms. The van der Waals surface area contributed by atoms with Gasteiger partial charge < -0.3 is 20.1 Å². The first kappa shape index (κ1) is 16.2. The highest BCUT2D eigenvalue weighted by atomic mass is 32.1. The standard InChI is InChI=1S/C14H20N2O3S2/c1-3-10-7-11(13(17)18-2)12(21-10)16-14(20)15-8-9-5-4-6-19-9/h7,9H,3-6,8H2,1-2H3,(H2,15,16,20)/t9-/m1/s1. The third-order valence-electron chi connectivity index (χ3n) is 3.28. The summed E-state index contributed by atoms with van der Waals surface area (Å²) in [6, 6.07) is 1.85. The zero-order valence-corrected chi connectivity index (χ0v) is 13.9. The molecular formula is C14H20N2O3S2. The molecule has 0 amide bonds. The molecule has 1 fully saturated rings. The molecule has 2 heterocycles. The Labute approximate surface area is 134 Å². The number of carbonyl (C=O) groups excluding carboxylic acids is 1. The molecule has 0 bridgehead atoms. The van der Waals surface area contributed by atoms with E-state index in [1.165, 1.54) is 18.4 Å². The molecule has 2 rings (SSSR count). The van der Waals surface area contributed by atoms with Crippen LogP contribution in [0.3, 0.4) is 0 Å². The molecule has 2 N–H and O–H groups in total. The zero-order valence-electron chi connectivity index (χ0n) is 12.2. The molecule has 5 nitrogen and oxygen atoms in total. The van der Waals surface area contributed by atoms with Crippen LogP contribution >= 0.6 is 23.6 Å². The largest absolute Gasteiger partial charge is 0.465 e. The fourth-order valence-electron chi connectivity index (χ4n) is 2.13. The molecule has 116 valence electrons. The van der Waals surface area contributed by atoms with Crippen molar-refractivity contribution >= 4 is 39.6 Å². The predicted molar refractivity (Wildman–Crippen MR) is 88.2 cm³/mol. The van der Waals surface area contributed by atoms with Crippen molar-refractivity contribution in [3.63, 3.8) is 0 Å². The monoisotopic (exact) mass is 328 g/mol. The highest BCUT2D eigenvalue weighted by molar-refractivity contribution is 7.80. The lowest BCUT2D eigenvalue weighted by Gasteiger charge is -2.13. The van der Waals surface area contributed by atoms with Gasteiger partial charge in [0.2, 0.25) is 0 Å². The Morgan fingerprint density at radius 3 is 3.05 bits per heavy atom. The fraction of sp³-hybridized carbons (Fsp3) is 0.571. The van der Waals surface area contributed by atoms with Crippen LogP contribution in [0.15, 0.2) is 6.07 Å². The van der Waals surface area contributed by atoms with E-state index in [0.717, 1.165) is 35.7 Å². The van der Waals surface area contributed by atoms with E-state index in [2.05, 4.69) is 10.6 Å². The van der Waals surface area contributed by atoms with E-state index in [4.69, 9.17) is 21.7 Å². The predicted octanol–water partition coefficient (Wildman–Crippen LogP) is 2.56. The minimum Gasteiger partial charge on any atom is -0.465 e. The molecule has 0 radical (unpaired) electrons. The second-order valence-electron chi connectivity index (χ2n) is 4.77. The van der Waals surface area contributed by atoms with Gasteiger partial charge in [-0.15, -0.1) is 11.3 Å². The quantitative estimate of drug-likeness (QED) is 0.640.